The number of nitriles is 1. The summed E-state index contributed by atoms with van der Waals surface area (Å²) in [5.41, 5.74) is -0.0518. The fourth-order valence-corrected chi connectivity index (χ4v) is 5.54. The van der Waals surface area contributed by atoms with E-state index in [0.29, 0.717) is 24.4 Å². The number of carbonyl (C=O) groups is 2. The lowest BCUT2D eigenvalue weighted by Crippen LogP contribution is -2.51. The molecule has 1 aromatic rings. The van der Waals surface area contributed by atoms with E-state index in [-0.39, 0.29) is 11.9 Å². The second-order valence-corrected chi connectivity index (χ2v) is 10.8. The molecule has 10 heteroatoms. The number of aromatic nitrogens is 1. The average molecular weight is 473 g/mol. The van der Waals surface area contributed by atoms with E-state index in [9.17, 15) is 9.59 Å². The number of hydrogen-bond donors (Lipinski definition) is 0. The van der Waals surface area contributed by atoms with Gasteiger partial charge >= 0.3 is 6.09 Å². The summed E-state index contributed by atoms with van der Waals surface area (Å²) in [4.78, 5) is 38.7. The van der Waals surface area contributed by atoms with Crippen molar-refractivity contribution in [1.82, 2.24) is 19.7 Å². The highest BCUT2D eigenvalue weighted by atomic mass is 32.2. The molecule has 178 valence electrons. The number of carbonyl (C=O) groups excluding carboxylic acids is 2. The maximum atomic E-state index is 13.3. The number of anilines is 1. The van der Waals surface area contributed by atoms with Crippen molar-refractivity contribution in [2.24, 2.45) is 0 Å². The normalized spacial score (nSPS) is 24.1. The Bertz CT molecular complexity index is 898. The van der Waals surface area contributed by atoms with Crippen LogP contribution in [0.3, 0.4) is 0 Å². The summed E-state index contributed by atoms with van der Waals surface area (Å²) in [5, 5.41) is 8.97. The topological polar surface area (TPSA) is 93.0 Å². The van der Waals surface area contributed by atoms with E-state index in [1.165, 1.54) is 0 Å². The Kier molecular flexibility index (Phi) is 7.00. The van der Waals surface area contributed by atoms with Gasteiger partial charge in [-0.1, -0.05) is 0 Å². The van der Waals surface area contributed by atoms with E-state index >= 15 is 0 Å². The molecule has 0 unspecified atom stereocenters. The fourth-order valence-electron chi connectivity index (χ4n) is 4.59. The van der Waals surface area contributed by atoms with Crippen molar-refractivity contribution in [1.29, 1.82) is 5.26 Å². The van der Waals surface area contributed by atoms with Crippen LogP contribution >= 0.6 is 11.8 Å². The Morgan fingerprint density at radius 3 is 2.52 bits per heavy atom. The highest BCUT2D eigenvalue weighted by Crippen LogP contribution is 2.29. The Morgan fingerprint density at radius 2 is 1.94 bits per heavy atom. The van der Waals surface area contributed by atoms with E-state index in [1.54, 1.807) is 28.9 Å². The van der Waals surface area contributed by atoms with E-state index in [1.807, 2.05) is 31.7 Å². The van der Waals surface area contributed by atoms with Crippen LogP contribution in [0.4, 0.5) is 10.6 Å². The van der Waals surface area contributed by atoms with Gasteiger partial charge in [-0.3, -0.25) is 14.6 Å². The van der Waals surface area contributed by atoms with E-state index in [4.69, 9.17) is 10.00 Å². The molecule has 0 saturated carbocycles. The van der Waals surface area contributed by atoms with Gasteiger partial charge in [-0.15, -0.1) is 11.8 Å². The predicted octanol–water partition coefficient (Wildman–Crippen LogP) is 1.99. The summed E-state index contributed by atoms with van der Waals surface area (Å²) in [7, 11) is 0. The van der Waals surface area contributed by atoms with E-state index in [2.05, 4.69) is 20.9 Å². The molecule has 4 heterocycles. The summed E-state index contributed by atoms with van der Waals surface area (Å²) in [6.45, 7) is 10.1. The van der Waals surface area contributed by atoms with Gasteiger partial charge in [0.2, 0.25) is 5.91 Å². The molecule has 0 bridgehead atoms. The zero-order valence-electron chi connectivity index (χ0n) is 19.6. The molecule has 0 radical (unpaired) electrons. The number of amides is 2. The molecule has 0 aromatic carbocycles. The van der Waals surface area contributed by atoms with E-state index in [0.717, 1.165) is 44.3 Å². The van der Waals surface area contributed by atoms with Crippen LogP contribution in [0.15, 0.2) is 18.3 Å². The van der Waals surface area contributed by atoms with Crippen LogP contribution in [0.1, 0.15) is 32.8 Å². The molecule has 0 aliphatic carbocycles. The number of piperazine rings is 1. The van der Waals surface area contributed by atoms with Gasteiger partial charge in [0.1, 0.15) is 23.5 Å². The second kappa shape index (κ2) is 9.77. The first-order valence-corrected chi connectivity index (χ1v) is 12.6. The van der Waals surface area contributed by atoms with Crippen LogP contribution < -0.4 is 4.90 Å². The third kappa shape index (κ3) is 5.53. The Balaban J connectivity index is 1.41. The quantitative estimate of drug-likeness (QED) is 0.659. The first kappa shape index (κ1) is 23.6. The van der Waals surface area contributed by atoms with Crippen LogP contribution in [0.2, 0.25) is 0 Å². The van der Waals surface area contributed by atoms with Gasteiger partial charge in [0.15, 0.2) is 0 Å². The predicted molar refractivity (Wildman–Crippen MR) is 127 cm³/mol. The maximum Gasteiger partial charge on any atom is 0.411 e. The molecular formula is C23H32N6O3S. The third-order valence-electron chi connectivity index (χ3n) is 6.29. The van der Waals surface area contributed by atoms with Crippen LogP contribution in [-0.4, -0.2) is 100 Å². The molecule has 3 saturated heterocycles. The number of thioether (sulfide) groups is 1. The number of nitrogens with zero attached hydrogens (tertiary/aromatic N) is 6. The molecule has 33 heavy (non-hydrogen) atoms. The molecule has 3 aliphatic rings. The lowest BCUT2D eigenvalue weighted by atomic mass is 10.1. The smallest absolute Gasteiger partial charge is 0.411 e. The number of hydrogen-bond acceptors (Lipinski definition) is 8. The standard InChI is InChI=1S/C23H32N6O3S/c1-23(2,3)32-22(31)29-15-18(12-19(29)21(30)28-10-11-33-16-28)26-6-8-27(9-7-26)20-5-4-17(13-24)14-25-20/h4-5,14,18-19H,6-12,15-16H2,1-3H3/t18-,19+/m1/s1. The third-order valence-corrected chi connectivity index (χ3v) is 7.25. The molecule has 9 nitrogen and oxygen atoms in total. The molecule has 2 amide bonds. The molecular weight excluding hydrogens is 440 g/mol. The number of likely N-dealkylation sites (tertiary alicyclic amines) is 1. The summed E-state index contributed by atoms with van der Waals surface area (Å²) in [6.07, 6.45) is 1.83. The van der Waals surface area contributed by atoms with E-state index < -0.39 is 17.7 Å². The molecule has 0 N–H and O–H groups in total. The molecule has 0 spiro atoms. The van der Waals surface area contributed by atoms with Gasteiger partial charge in [-0.2, -0.15) is 5.26 Å². The number of pyridine rings is 1. The zero-order valence-corrected chi connectivity index (χ0v) is 20.4. The van der Waals surface area contributed by atoms with Gasteiger partial charge in [0.05, 0.1) is 11.4 Å². The first-order valence-electron chi connectivity index (χ1n) is 11.5. The summed E-state index contributed by atoms with van der Waals surface area (Å²) < 4.78 is 5.65. The maximum absolute atomic E-state index is 13.3. The lowest BCUT2D eigenvalue weighted by Gasteiger charge is -2.38. The lowest BCUT2D eigenvalue weighted by molar-refractivity contribution is -0.134. The number of rotatable bonds is 3. The monoisotopic (exact) mass is 472 g/mol. The van der Waals surface area contributed by atoms with Crippen molar-refractivity contribution in [3.63, 3.8) is 0 Å². The second-order valence-electron chi connectivity index (χ2n) is 9.72. The highest BCUT2D eigenvalue weighted by Gasteiger charge is 2.45. The van der Waals surface area contributed by atoms with Crippen molar-refractivity contribution in [2.45, 2.75) is 44.9 Å². The Hall–Kier alpha value is -2.51. The van der Waals surface area contributed by atoms with Gasteiger partial charge < -0.3 is 14.5 Å². The molecule has 3 aliphatic heterocycles. The highest BCUT2D eigenvalue weighted by molar-refractivity contribution is 7.99. The minimum absolute atomic E-state index is 0.0359. The average Bonchev–Trinajstić information content (AvgIpc) is 3.48. The summed E-state index contributed by atoms with van der Waals surface area (Å²) >= 11 is 1.75. The van der Waals surface area contributed by atoms with Crippen LogP contribution in [-0.2, 0) is 9.53 Å². The Labute approximate surface area is 199 Å². The van der Waals surface area contributed by atoms with Crippen molar-refractivity contribution in [2.75, 3.05) is 55.8 Å². The number of ether oxygens (including phenoxy) is 1. The van der Waals surface area contributed by atoms with Crippen molar-refractivity contribution < 1.29 is 14.3 Å². The van der Waals surface area contributed by atoms with Gasteiger partial charge in [0, 0.05) is 57.3 Å². The van der Waals surface area contributed by atoms with Gasteiger partial charge in [-0.05, 0) is 39.3 Å². The van der Waals surface area contributed by atoms with Crippen LogP contribution in [0, 0.1) is 11.3 Å². The van der Waals surface area contributed by atoms with Crippen LogP contribution in [0.5, 0.6) is 0 Å². The van der Waals surface area contributed by atoms with Crippen molar-refractivity contribution in [3.05, 3.63) is 23.9 Å². The minimum atomic E-state index is -0.605. The van der Waals surface area contributed by atoms with Gasteiger partial charge in [-0.25, -0.2) is 9.78 Å². The van der Waals surface area contributed by atoms with Crippen molar-refractivity contribution in [3.8, 4) is 6.07 Å². The Morgan fingerprint density at radius 1 is 1.18 bits per heavy atom. The molecule has 3 fully saturated rings. The van der Waals surface area contributed by atoms with Gasteiger partial charge in [0.25, 0.3) is 0 Å². The van der Waals surface area contributed by atoms with Crippen LogP contribution in [0.25, 0.3) is 0 Å². The summed E-state index contributed by atoms with van der Waals surface area (Å²) in [6, 6.07) is 5.42. The largest absolute Gasteiger partial charge is 0.444 e. The minimum Gasteiger partial charge on any atom is -0.444 e. The summed E-state index contributed by atoms with van der Waals surface area (Å²) in [5.74, 6) is 2.54. The van der Waals surface area contributed by atoms with Crippen molar-refractivity contribution >= 4 is 29.6 Å². The molecule has 4 rings (SSSR count). The first-order chi connectivity index (χ1) is 15.7. The SMILES string of the molecule is CC(C)(C)OC(=O)N1C[C@H](N2CCN(c3ccc(C#N)cn3)CC2)C[C@H]1C(=O)N1CCSC1. The fraction of sp³-hybridized carbons (Fsp3) is 0.652. The molecule has 2 atom stereocenters. The molecule has 1 aromatic heterocycles. The zero-order chi connectivity index (χ0) is 23.6.